The quantitative estimate of drug-likeness (QED) is 0.315. The maximum absolute atomic E-state index is 12.0. The minimum absolute atomic E-state index is 0.247. The number of carboxylic acid groups (broad SMARTS) is 1. The number of amides is 3. The first-order valence-electron chi connectivity index (χ1n) is 7.04. The molecule has 0 aromatic heterocycles. The molecule has 23 heavy (non-hydrogen) atoms. The lowest BCUT2D eigenvalue weighted by molar-refractivity contribution is -0.142. The molecule has 0 aromatic rings. The number of nitrogens with two attached hydrogens (primary N) is 1. The Morgan fingerprint density at radius 3 is 2.04 bits per heavy atom. The fourth-order valence-electron chi connectivity index (χ4n) is 1.56. The van der Waals surface area contributed by atoms with Gasteiger partial charge in [0.2, 0.25) is 17.7 Å². The molecule has 0 rings (SSSR count). The number of carboxylic acids is 1. The van der Waals surface area contributed by atoms with E-state index in [9.17, 15) is 19.2 Å². The van der Waals surface area contributed by atoms with Gasteiger partial charge in [-0.3, -0.25) is 14.4 Å². The zero-order valence-corrected chi connectivity index (χ0v) is 14.2. The van der Waals surface area contributed by atoms with Gasteiger partial charge in [0.05, 0.1) is 6.54 Å². The predicted octanol–water partition coefficient (Wildman–Crippen LogP) is -1.72. The number of hydrogen-bond donors (Lipinski definition) is 5. The van der Waals surface area contributed by atoms with E-state index in [0.29, 0.717) is 5.75 Å². The lowest BCUT2D eigenvalue weighted by Gasteiger charge is -2.20. The summed E-state index contributed by atoms with van der Waals surface area (Å²) < 4.78 is 0. The van der Waals surface area contributed by atoms with E-state index in [4.69, 9.17) is 10.8 Å². The van der Waals surface area contributed by atoms with Crippen molar-refractivity contribution in [2.75, 3.05) is 18.6 Å². The van der Waals surface area contributed by atoms with Crippen molar-refractivity contribution in [3.63, 3.8) is 0 Å². The fourth-order valence-corrected chi connectivity index (χ4v) is 2.03. The SMILES string of the molecule is CSCCC(NC(=O)C(C)NC(=O)C(C)NC(=O)CN)C(=O)O. The van der Waals surface area contributed by atoms with E-state index in [1.54, 1.807) is 0 Å². The van der Waals surface area contributed by atoms with Crippen LogP contribution in [0, 0.1) is 0 Å². The Morgan fingerprint density at radius 2 is 1.57 bits per heavy atom. The second-order valence-corrected chi connectivity index (χ2v) is 5.89. The topological polar surface area (TPSA) is 151 Å². The molecule has 10 heteroatoms. The summed E-state index contributed by atoms with van der Waals surface area (Å²) in [4.78, 5) is 46.0. The smallest absolute Gasteiger partial charge is 0.326 e. The fraction of sp³-hybridized carbons (Fsp3) is 0.692. The molecule has 6 N–H and O–H groups in total. The van der Waals surface area contributed by atoms with Crippen molar-refractivity contribution in [1.82, 2.24) is 16.0 Å². The summed E-state index contributed by atoms with van der Waals surface area (Å²) in [6.45, 7) is 2.63. The van der Waals surface area contributed by atoms with Crippen LogP contribution in [-0.4, -0.2) is 65.5 Å². The summed E-state index contributed by atoms with van der Waals surface area (Å²) >= 11 is 1.47. The number of rotatable bonds is 10. The van der Waals surface area contributed by atoms with Crippen LogP contribution in [0.2, 0.25) is 0 Å². The van der Waals surface area contributed by atoms with Gasteiger partial charge >= 0.3 is 5.97 Å². The summed E-state index contributed by atoms with van der Waals surface area (Å²) in [5.74, 6) is -2.21. The van der Waals surface area contributed by atoms with Crippen LogP contribution in [0.1, 0.15) is 20.3 Å². The maximum atomic E-state index is 12.0. The second-order valence-electron chi connectivity index (χ2n) is 4.90. The van der Waals surface area contributed by atoms with Gasteiger partial charge in [0.1, 0.15) is 18.1 Å². The molecular weight excluding hydrogens is 324 g/mol. The molecule has 0 saturated carbocycles. The average Bonchev–Trinajstić information content (AvgIpc) is 2.50. The summed E-state index contributed by atoms with van der Waals surface area (Å²) in [5.41, 5.74) is 5.13. The number of hydrogen-bond acceptors (Lipinski definition) is 6. The first-order valence-corrected chi connectivity index (χ1v) is 8.44. The van der Waals surface area contributed by atoms with Crippen molar-refractivity contribution in [3.05, 3.63) is 0 Å². The number of aliphatic carboxylic acids is 1. The molecule has 0 heterocycles. The van der Waals surface area contributed by atoms with Gasteiger partial charge in [-0.25, -0.2) is 4.79 Å². The van der Waals surface area contributed by atoms with Crippen LogP contribution in [0.5, 0.6) is 0 Å². The van der Waals surface area contributed by atoms with Gasteiger partial charge < -0.3 is 26.8 Å². The van der Waals surface area contributed by atoms with Gasteiger partial charge in [0.15, 0.2) is 0 Å². The number of carbonyl (C=O) groups excluding carboxylic acids is 3. The molecule has 0 bridgehead atoms. The molecule has 9 nitrogen and oxygen atoms in total. The molecule has 3 unspecified atom stereocenters. The first kappa shape index (κ1) is 21.2. The van der Waals surface area contributed by atoms with Crippen molar-refractivity contribution < 1.29 is 24.3 Å². The van der Waals surface area contributed by atoms with E-state index in [1.165, 1.54) is 25.6 Å². The Labute approximate surface area is 139 Å². The molecule has 0 aromatic carbocycles. The van der Waals surface area contributed by atoms with Crippen molar-refractivity contribution in [3.8, 4) is 0 Å². The van der Waals surface area contributed by atoms with E-state index in [-0.39, 0.29) is 13.0 Å². The van der Waals surface area contributed by atoms with Crippen LogP contribution in [0.15, 0.2) is 0 Å². The van der Waals surface area contributed by atoms with Crippen LogP contribution < -0.4 is 21.7 Å². The lowest BCUT2D eigenvalue weighted by Crippen LogP contribution is -2.54. The lowest BCUT2D eigenvalue weighted by atomic mass is 10.2. The molecule has 0 aliphatic carbocycles. The standard InChI is InChI=1S/C13H24N4O5S/c1-7(15-10(18)6-14)11(19)16-8(2)12(20)17-9(13(21)22)4-5-23-3/h7-9H,4-6,14H2,1-3H3,(H,15,18)(H,16,19)(H,17,20)(H,21,22). The largest absolute Gasteiger partial charge is 0.480 e. The van der Waals surface area contributed by atoms with E-state index >= 15 is 0 Å². The van der Waals surface area contributed by atoms with Crippen LogP contribution in [0.25, 0.3) is 0 Å². The summed E-state index contributed by atoms with van der Waals surface area (Å²) in [7, 11) is 0. The highest BCUT2D eigenvalue weighted by Crippen LogP contribution is 2.01. The Morgan fingerprint density at radius 1 is 1.04 bits per heavy atom. The molecule has 3 amide bonds. The minimum atomic E-state index is -1.13. The molecule has 0 spiro atoms. The van der Waals surface area contributed by atoms with E-state index in [0.717, 1.165) is 0 Å². The van der Waals surface area contributed by atoms with Gasteiger partial charge in [-0.05, 0) is 32.3 Å². The third-order valence-electron chi connectivity index (χ3n) is 2.93. The van der Waals surface area contributed by atoms with Crippen molar-refractivity contribution in [2.45, 2.75) is 38.4 Å². The summed E-state index contributed by atoms with van der Waals surface area (Å²) in [6.07, 6.45) is 2.12. The molecular formula is C13H24N4O5S. The van der Waals surface area contributed by atoms with E-state index in [2.05, 4.69) is 16.0 Å². The van der Waals surface area contributed by atoms with E-state index < -0.39 is 41.8 Å². The van der Waals surface area contributed by atoms with Gasteiger partial charge in [-0.15, -0.1) is 0 Å². The minimum Gasteiger partial charge on any atom is -0.480 e. The Bertz CT molecular complexity index is 446. The normalized spacial score (nSPS) is 14.3. The zero-order chi connectivity index (χ0) is 18.0. The monoisotopic (exact) mass is 348 g/mol. The molecule has 0 saturated heterocycles. The highest BCUT2D eigenvalue weighted by atomic mass is 32.2. The van der Waals surface area contributed by atoms with Gasteiger partial charge in [0, 0.05) is 0 Å². The molecule has 132 valence electrons. The van der Waals surface area contributed by atoms with Crippen molar-refractivity contribution in [1.29, 1.82) is 0 Å². The number of nitrogens with one attached hydrogen (secondary N) is 3. The zero-order valence-electron chi connectivity index (χ0n) is 13.4. The van der Waals surface area contributed by atoms with Gasteiger partial charge in [0.25, 0.3) is 0 Å². The Kier molecular flexibility index (Phi) is 9.99. The molecule has 3 atom stereocenters. The number of thioether (sulfide) groups is 1. The van der Waals surface area contributed by atoms with Crippen LogP contribution in [-0.2, 0) is 19.2 Å². The second kappa shape index (κ2) is 10.8. The van der Waals surface area contributed by atoms with E-state index in [1.807, 2.05) is 6.26 Å². The molecule has 0 radical (unpaired) electrons. The molecule has 0 aliphatic heterocycles. The predicted molar refractivity (Wildman–Crippen MR) is 86.8 cm³/mol. The Balaban J connectivity index is 4.49. The van der Waals surface area contributed by atoms with Crippen molar-refractivity contribution in [2.24, 2.45) is 5.73 Å². The summed E-state index contributed by atoms with van der Waals surface area (Å²) in [6, 6.07) is -2.80. The van der Waals surface area contributed by atoms with Crippen molar-refractivity contribution >= 4 is 35.5 Å². The highest BCUT2D eigenvalue weighted by Gasteiger charge is 2.25. The first-order chi connectivity index (χ1) is 10.7. The number of carbonyl (C=O) groups is 4. The highest BCUT2D eigenvalue weighted by molar-refractivity contribution is 7.98. The molecule has 0 fully saturated rings. The molecule has 0 aliphatic rings. The third-order valence-corrected chi connectivity index (χ3v) is 3.58. The van der Waals surface area contributed by atoms with Crippen LogP contribution in [0.4, 0.5) is 0 Å². The van der Waals surface area contributed by atoms with Gasteiger partial charge in [-0.2, -0.15) is 11.8 Å². The Hall–Kier alpha value is -1.81. The summed E-state index contributed by atoms with van der Waals surface area (Å²) in [5, 5.41) is 16.2. The van der Waals surface area contributed by atoms with Crippen LogP contribution in [0.3, 0.4) is 0 Å². The third kappa shape index (κ3) is 8.41. The average molecular weight is 348 g/mol. The van der Waals surface area contributed by atoms with Gasteiger partial charge in [-0.1, -0.05) is 0 Å². The maximum Gasteiger partial charge on any atom is 0.326 e. The van der Waals surface area contributed by atoms with Crippen LogP contribution >= 0.6 is 11.8 Å².